The van der Waals surface area contributed by atoms with Crippen LogP contribution in [0.25, 0.3) is 11.1 Å². The number of fused-ring (bicyclic) bond motifs is 1. The van der Waals surface area contributed by atoms with E-state index in [9.17, 15) is 14.4 Å². The molecule has 248 valence electrons. The van der Waals surface area contributed by atoms with E-state index in [2.05, 4.69) is 36.4 Å². The van der Waals surface area contributed by atoms with Gasteiger partial charge in [0.2, 0.25) is 5.91 Å². The van der Waals surface area contributed by atoms with Crippen molar-refractivity contribution in [1.29, 1.82) is 0 Å². The maximum Gasteiger partial charge on any atom is 0.258 e. The molecular weight excluding hydrogens is 612 g/mol. The molecule has 49 heavy (non-hydrogen) atoms. The summed E-state index contributed by atoms with van der Waals surface area (Å²) in [5.41, 5.74) is 6.05. The second-order valence-corrected chi connectivity index (χ2v) is 13.3. The van der Waals surface area contributed by atoms with E-state index in [0.717, 1.165) is 33.5 Å². The first-order chi connectivity index (χ1) is 23.5. The highest BCUT2D eigenvalue weighted by molar-refractivity contribution is 6.05. The number of amides is 3. The molecule has 0 saturated heterocycles. The zero-order valence-electron chi connectivity index (χ0n) is 28.2. The fraction of sp³-hybridized carbons (Fsp3) is 0.220. The predicted octanol–water partition coefficient (Wildman–Crippen LogP) is 7.54. The third kappa shape index (κ3) is 7.23. The van der Waals surface area contributed by atoms with Gasteiger partial charge in [-0.05, 0) is 103 Å². The number of carbonyl (C=O) groups is 3. The standard InChI is InChI=1S/C41H40N4O4/c1-28(46)45-37-19-16-34(44-39(48)32-12-10-31(11-13-32)30-8-6-5-7-9-30)24-36(37)41(4,27-40(45,2)3)33-14-17-35(18-15-33)49-26-38(47)43-25-29-20-22-42-23-21-29/h5-24H,25-27H2,1-4H3,(H,43,47)(H,44,48). The molecule has 2 N–H and O–H groups in total. The molecule has 0 bridgehead atoms. The molecule has 4 aromatic carbocycles. The molecule has 2 heterocycles. The summed E-state index contributed by atoms with van der Waals surface area (Å²) in [6, 6.07) is 34.8. The largest absolute Gasteiger partial charge is 0.484 e. The first-order valence-corrected chi connectivity index (χ1v) is 16.3. The van der Waals surface area contributed by atoms with Crippen LogP contribution in [0.2, 0.25) is 0 Å². The lowest BCUT2D eigenvalue weighted by molar-refractivity contribution is -0.123. The van der Waals surface area contributed by atoms with Crippen LogP contribution < -0.4 is 20.3 Å². The van der Waals surface area contributed by atoms with Crippen LogP contribution in [0.3, 0.4) is 0 Å². The number of nitrogens with one attached hydrogen (secondary N) is 2. The minimum absolute atomic E-state index is 0.0467. The highest BCUT2D eigenvalue weighted by Gasteiger charge is 2.47. The molecular formula is C41H40N4O4. The number of rotatable bonds is 9. The molecule has 1 aromatic heterocycles. The van der Waals surface area contributed by atoms with E-state index in [1.54, 1.807) is 19.3 Å². The predicted molar refractivity (Wildman–Crippen MR) is 193 cm³/mol. The molecule has 5 aromatic rings. The summed E-state index contributed by atoms with van der Waals surface area (Å²) in [6.45, 7) is 8.20. The molecule has 1 aliphatic heterocycles. The fourth-order valence-electron chi connectivity index (χ4n) is 6.94. The average molecular weight is 653 g/mol. The Kier molecular flexibility index (Phi) is 9.31. The van der Waals surface area contributed by atoms with Crippen molar-refractivity contribution in [2.75, 3.05) is 16.8 Å². The van der Waals surface area contributed by atoms with Crippen molar-refractivity contribution in [3.05, 3.63) is 144 Å². The van der Waals surface area contributed by atoms with Gasteiger partial charge < -0.3 is 20.3 Å². The minimum atomic E-state index is -0.511. The Bertz CT molecular complexity index is 1960. The number of hydrogen-bond donors (Lipinski definition) is 2. The summed E-state index contributed by atoms with van der Waals surface area (Å²) in [5.74, 6) is 0.0925. The van der Waals surface area contributed by atoms with Gasteiger partial charge in [-0.25, -0.2) is 0 Å². The highest BCUT2D eigenvalue weighted by atomic mass is 16.5. The Hall–Kier alpha value is -5.76. The van der Waals surface area contributed by atoms with Crippen LogP contribution in [0.1, 0.15) is 61.2 Å². The zero-order valence-corrected chi connectivity index (χ0v) is 28.2. The van der Waals surface area contributed by atoms with Crippen LogP contribution in [-0.4, -0.2) is 34.9 Å². The molecule has 0 radical (unpaired) electrons. The first kappa shape index (κ1) is 33.2. The van der Waals surface area contributed by atoms with Crippen molar-refractivity contribution >= 4 is 29.1 Å². The van der Waals surface area contributed by atoms with Gasteiger partial charge in [-0.15, -0.1) is 0 Å². The van der Waals surface area contributed by atoms with Crippen LogP contribution in [0, 0.1) is 0 Å². The third-order valence-corrected chi connectivity index (χ3v) is 9.15. The van der Waals surface area contributed by atoms with Crippen LogP contribution in [0.5, 0.6) is 5.75 Å². The van der Waals surface area contributed by atoms with Crippen molar-refractivity contribution in [1.82, 2.24) is 10.3 Å². The molecule has 6 rings (SSSR count). The number of ether oxygens (including phenoxy) is 1. The van der Waals surface area contributed by atoms with Gasteiger partial charge in [-0.3, -0.25) is 19.4 Å². The maximum atomic E-state index is 13.4. The molecule has 1 aliphatic rings. The van der Waals surface area contributed by atoms with Gasteiger partial charge >= 0.3 is 0 Å². The quantitative estimate of drug-likeness (QED) is 0.171. The van der Waals surface area contributed by atoms with E-state index in [1.165, 1.54) is 0 Å². The number of benzene rings is 4. The number of aromatic nitrogens is 1. The second-order valence-electron chi connectivity index (χ2n) is 13.3. The molecule has 1 unspecified atom stereocenters. The Morgan fingerprint density at radius 2 is 1.49 bits per heavy atom. The fourth-order valence-corrected chi connectivity index (χ4v) is 6.94. The Morgan fingerprint density at radius 3 is 2.16 bits per heavy atom. The summed E-state index contributed by atoms with van der Waals surface area (Å²) in [5, 5.41) is 5.93. The first-order valence-electron chi connectivity index (χ1n) is 16.3. The van der Waals surface area contributed by atoms with Gasteiger partial charge in [0.1, 0.15) is 5.75 Å². The SMILES string of the molecule is CC(=O)N1c2ccc(NC(=O)c3ccc(-c4ccccc4)cc3)cc2C(C)(c2ccc(OCC(=O)NCc3ccncc3)cc2)CC1(C)C. The van der Waals surface area contributed by atoms with Gasteiger partial charge in [0.25, 0.3) is 11.8 Å². The van der Waals surface area contributed by atoms with Crippen molar-refractivity contribution in [3.63, 3.8) is 0 Å². The lowest BCUT2D eigenvalue weighted by Crippen LogP contribution is -2.55. The van der Waals surface area contributed by atoms with Crippen molar-refractivity contribution in [3.8, 4) is 16.9 Å². The number of pyridine rings is 1. The maximum absolute atomic E-state index is 13.4. The van der Waals surface area contributed by atoms with Gasteiger partial charge in [-0.1, -0.05) is 61.5 Å². The molecule has 8 nitrogen and oxygen atoms in total. The normalized spacial score (nSPS) is 16.3. The van der Waals surface area contributed by atoms with Crippen LogP contribution in [0.15, 0.2) is 122 Å². The summed E-state index contributed by atoms with van der Waals surface area (Å²) in [6.07, 6.45) is 4.02. The molecule has 0 spiro atoms. The summed E-state index contributed by atoms with van der Waals surface area (Å²) in [7, 11) is 0. The van der Waals surface area contributed by atoms with E-state index in [1.807, 2.05) is 114 Å². The number of anilines is 2. The molecule has 0 fully saturated rings. The lowest BCUT2D eigenvalue weighted by atomic mass is 9.65. The minimum Gasteiger partial charge on any atom is -0.484 e. The summed E-state index contributed by atoms with van der Waals surface area (Å²) in [4.78, 5) is 44.6. The molecule has 0 saturated carbocycles. The molecule has 8 heteroatoms. The Labute approximate surface area is 287 Å². The highest BCUT2D eigenvalue weighted by Crippen LogP contribution is 2.51. The number of hydrogen-bond acceptors (Lipinski definition) is 5. The average Bonchev–Trinajstić information content (AvgIpc) is 3.10. The number of carbonyl (C=O) groups excluding carboxylic acids is 3. The van der Waals surface area contributed by atoms with Crippen LogP contribution in [-0.2, 0) is 21.5 Å². The van der Waals surface area contributed by atoms with E-state index in [4.69, 9.17) is 4.74 Å². The monoisotopic (exact) mass is 652 g/mol. The summed E-state index contributed by atoms with van der Waals surface area (Å²) < 4.78 is 5.80. The van der Waals surface area contributed by atoms with Gasteiger partial charge in [0.05, 0.1) is 0 Å². The topological polar surface area (TPSA) is 101 Å². The second kappa shape index (κ2) is 13.8. The number of nitrogens with zero attached hydrogens (tertiary/aromatic N) is 2. The summed E-state index contributed by atoms with van der Waals surface area (Å²) >= 11 is 0. The molecule has 3 amide bonds. The molecule has 1 atom stereocenters. The molecule has 0 aliphatic carbocycles. The van der Waals surface area contributed by atoms with E-state index in [0.29, 0.717) is 30.0 Å². The Balaban J connectivity index is 1.22. The van der Waals surface area contributed by atoms with Crippen LogP contribution in [0.4, 0.5) is 11.4 Å². The smallest absolute Gasteiger partial charge is 0.258 e. The third-order valence-electron chi connectivity index (χ3n) is 9.15. The zero-order chi connectivity index (χ0) is 34.6. The van der Waals surface area contributed by atoms with Crippen molar-refractivity contribution in [2.45, 2.75) is 51.6 Å². The van der Waals surface area contributed by atoms with Crippen molar-refractivity contribution in [2.24, 2.45) is 0 Å². The van der Waals surface area contributed by atoms with E-state index in [-0.39, 0.29) is 24.3 Å². The van der Waals surface area contributed by atoms with E-state index < -0.39 is 11.0 Å². The Morgan fingerprint density at radius 1 is 0.816 bits per heavy atom. The van der Waals surface area contributed by atoms with Crippen molar-refractivity contribution < 1.29 is 19.1 Å². The van der Waals surface area contributed by atoms with Gasteiger partial charge in [0.15, 0.2) is 6.61 Å². The van der Waals surface area contributed by atoms with E-state index >= 15 is 0 Å². The van der Waals surface area contributed by atoms with Gasteiger partial charge in [-0.2, -0.15) is 0 Å². The van der Waals surface area contributed by atoms with Gasteiger partial charge in [0, 0.05) is 53.8 Å². The lowest BCUT2D eigenvalue weighted by Gasteiger charge is -2.51. The van der Waals surface area contributed by atoms with Crippen LogP contribution >= 0.6 is 0 Å².